The summed E-state index contributed by atoms with van der Waals surface area (Å²) in [6.07, 6.45) is 3.34. The Morgan fingerprint density at radius 1 is 0.923 bits per heavy atom. The molecule has 0 saturated heterocycles. The average molecular weight is 345 g/mol. The van der Waals surface area contributed by atoms with Crippen LogP contribution in [0.2, 0.25) is 0 Å². The van der Waals surface area contributed by atoms with Gasteiger partial charge in [0.1, 0.15) is 11.6 Å². The normalized spacial score (nSPS) is 11.0. The lowest BCUT2D eigenvalue weighted by molar-refractivity contribution is 0.282. The summed E-state index contributed by atoms with van der Waals surface area (Å²) >= 11 is 0. The van der Waals surface area contributed by atoms with Crippen LogP contribution in [0.25, 0.3) is 33.2 Å². The van der Waals surface area contributed by atoms with Crippen LogP contribution in [0.4, 0.5) is 10.2 Å². The molecule has 0 unspecified atom stereocenters. The zero-order valence-electron chi connectivity index (χ0n) is 13.9. The van der Waals surface area contributed by atoms with Crippen LogP contribution >= 0.6 is 0 Å². The van der Waals surface area contributed by atoms with Gasteiger partial charge in [0.2, 0.25) is 0 Å². The third kappa shape index (κ3) is 2.89. The fourth-order valence-electron chi connectivity index (χ4n) is 3.04. The Morgan fingerprint density at radius 3 is 2.58 bits per heavy atom. The van der Waals surface area contributed by atoms with Crippen molar-refractivity contribution >= 4 is 16.6 Å². The lowest BCUT2D eigenvalue weighted by Gasteiger charge is -2.11. The maximum absolute atomic E-state index is 13.5. The molecule has 0 amide bonds. The summed E-state index contributed by atoms with van der Waals surface area (Å²) in [5.41, 5.74) is 10.0. The summed E-state index contributed by atoms with van der Waals surface area (Å²) in [5, 5.41) is 11.0. The molecular formula is C21H16FN3O. The van der Waals surface area contributed by atoms with Crippen molar-refractivity contribution in [1.82, 2.24) is 9.97 Å². The number of nitrogens with zero attached hydrogens (tertiary/aromatic N) is 2. The predicted octanol–water partition coefficient (Wildman–Crippen LogP) is 4.18. The highest BCUT2D eigenvalue weighted by Gasteiger charge is 2.11. The van der Waals surface area contributed by atoms with E-state index in [1.54, 1.807) is 24.5 Å². The van der Waals surface area contributed by atoms with Crippen molar-refractivity contribution < 1.29 is 9.50 Å². The number of halogens is 1. The second-order valence-electron chi connectivity index (χ2n) is 6.04. The van der Waals surface area contributed by atoms with E-state index in [9.17, 15) is 9.50 Å². The van der Waals surface area contributed by atoms with Gasteiger partial charge in [0.25, 0.3) is 0 Å². The quantitative estimate of drug-likeness (QED) is 0.584. The Morgan fingerprint density at radius 2 is 1.77 bits per heavy atom. The van der Waals surface area contributed by atoms with E-state index in [4.69, 9.17) is 5.73 Å². The van der Waals surface area contributed by atoms with Crippen LogP contribution in [0.3, 0.4) is 0 Å². The summed E-state index contributed by atoms with van der Waals surface area (Å²) in [4.78, 5) is 8.68. The van der Waals surface area contributed by atoms with E-state index >= 15 is 0 Å². The van der Waals surface area contributed by atoms with Crippen LogP contribution in [0.1, 0.15) is 5.56 Å². The van der Waals surface area contributed by atoms with Gasteiger partial charge < -0.3 is 10.8 Å². The van der Waals surface area contributed by atoms with Crippen LogP contribution in [-0.4, -0.2) is 15.1 Å². The van der Waals surface area contributed by atoms with Crippen LogP contribution in [0.5, 0.6) is 0 Å². The molecule has 4 nitrogen and oxygen atoms in total. The first-order chi connectivity index (χ1) is 12.7. The molecule has 3 N–H and O–H groups in total. The molecule has 0 aliphatic carbocycles. The van der Waals surface area contributed by atoms with Gasteiger partial charge in [0.15, 0.2) is 0 Å². The molecule has 0 saturated carbocycles. The number of hydrogen-bond donors (Lipinski definition) is 2. The van der Waals surface area contributed by atoms with Gasteiger partial charge >= 0.3 is 0 Å². The largest absolute Gasteiger partial charge is 0.392 e. The topological polar surface area (TPSA) is 72.0 Å². The number of aliphatic hydroxyl groups is 1. The molecule has 0 radical (unpaired) electrons. The minimum Gasteiger partial charge on any atom is -0.392 e. The minimum absolute atomic E-state index is 0.0560. The summed E-state index contributed by atoms with van der Waals surface area (Å²) < 4.78 is 13.5. The monoisotopic (exact) mass is 345 g/mol. The van der Waals surface area contributed by atoms with Gasteiger partial charge in [-0.25, -0.2) is 9.37 Å². The molecule has 0 atom stereocenters. The Bertz CT molecular complexity index is 1110. The highest BCUT2D eigenvalue weighted by Crippen LogP contribution is 2.33. The fraction of sp³-hybridized carbons (Fsp3) is 0.0476. The highest BCUT2D eigenvalue weighted by atomic mass is 19.1. The van der Waals surface area contributed by atoms with Crippen molar-refractivity contribution in [3.8, 4) is 22.4 Å². The first kappa shape index (κ1) is 16.2. The highest BCUT2D eigenvalue weighted by molar-refractivity contribution is 6.02. The van der Waals surface area contributed by atoms with Gasteiger partial charge in [-0.2, -0.15) is 0 Å². The molecule has 26 heavy (non-hydrogen) atoms. The minimum atomic E-state index is -0.285. The standard InChI is InChI=1S/C21H16FN3O/c22-16-3-1-2-14(9-16)15-4-5-17-18(10-15)21(23)25-11-19(17)20-8-13(12-26)6-7-24-20/h1-11,26H,12H2,(H2,23,25). The Labute approximate surface area is 149 Å². The molecule has 2 aromatic carbocycles. The lowest BCUT2D eigenvalue weighted by Crippen LogP contribution is -1.96. The Hall–Kier alpha value is -3.31. The summed E-state index contributed by atoms with van der Waals surface area (Å²) in [6.45, 7) is -0.0560. The number of nitrogens with two attached hydrogens (primary N) is 1. The number of hydrogen-bond acceptors (Lipinski definition) is 4. The molecule has 2 heterocycles. The fourth-order valence-corrected chi connectivity index (χ4v) is 3.04. The first-order valence-electron chi connectivity index (χ1n) is 8.16. The molecule has 0 spiro atoms. The third-order valence-corrected chi connectivity index (χ3v) is 4.36. The van der Waals surface area contributed by atoms with Gasteiger partial charge in [-0.05, 0) is 52.4 Å². The predicted molar refractivity (Wildman–Crippen MR) is 101 cm³/mol. The van der Waals surface area contributed by atoms with E-state index in [-0.39, 0.29) is 12.4 Å². The Kier molecular flexibility index (Phi) is 4.07. The van der Waals surface area contributed by atoms with Crippen LogP contribution in [-0.2, 0) is 6.61 Å². The molecule has 4 aromatic rings. The van der Waals surface area contributed by atoms with Crippen molar-refractivity contribution in [2.75, 3.05) is 5.73 Å². The zero-order chi connectivity index (χ0) is 18.1. The van der Waals surface area contributed by atoms with E-state index in [0.29, 0.717) is 11.5 Å². The molecule has 128 valence electrons. The summed E-state index contributed by atoms with van der Waals surface area (Å²) in [6, 6.07) is 15.8. The molecule has 0 aliphatic rings. The van der Waals surface area contributed by atoms with Gasteiger partial charge in [-0.15, -0.1) is 0 Å². The smallest absolute Gasteiger partial charge is 0.131 e. The number of aliphatic hydroxyl groups excluding tert-OH is 1. The molecule has 0 fully saturated rings. The van der Waals surface area contributed by atoms with Gasteiger partial charge in [-0.3, -0.25) is 4.98 Å². The number of rotatable bonds is 3. The molecule has 4 rings (SSSR count). The number of fused-ring (bicyclic) bond motifs is 1. The molecule has 5 heteroatoms. The van der Waals surface area contributed by atoms with Crippen LogP contribution in [0, 0.1) is 5.82 Å². The third-order valence-electron chi connectivity index (χ3n) is 4.36. The first-order valence-corrected chi connectivity index (χ1v) is 8.16. The number of anilines is 1. The van der Waals surface area contributed by atoms with Gasteiger partial charge in [0, 0.05) is 23.3 Å². The maximum atomic E-state index is 13.5. The zero-order valence-corrected chi connectivity index (χ0v) is 13.9. The average Bonchev–Trinajstić information content (AvgIpc) is 2.68. The van der Waals surface area contributed by atoms with Crippen molar-refractivity contribution in [2.24, 2.45) is 0 Å². The van der Waals surface area contributed by atoms with Crippen molar-refractivity contribution in [2.45, 2.75) is 6.61 Å². The van der Waals surface area contributed by atoms with Gasteiger partial charge in [0.05, 0.1) is 12.3 Å². The van der Waals surface area contributed by atoms with E-state index < -0.39 is 0 Å². The van der Waals surface area contributed by atoms with Crippen molar-refractivity contribution in [3.63, 3.8) is 0 Å². The number of nitrogen functional groups attached to an aromatic ring is 1. The molecular weight excluding hydrogens is 329 g/mol. The van der Waals surface area contributed by atoms with E-state index in [0.717, 1.165) is 33.0 Å². The summed E-state index contributed by atoms with van der Waals surface area (Å²) in [5.74, 6) is 0.118. The van der Waals surface area contributed by atoms with E-state index in [2.05, 4.69) is 9.97 Å². The SMILES string of the molecule is Nc1ncc(-c2cc(CO)ccn2)c2ccc(-c3cccc(F)c3)cc12. The lowest BCUT2D eigenvalue weighted by atomic mass is 9.98. The second kappa shape index (κ2) is 6.54. The molecule has 0 bridgehead atoms. The molecule has 0 aliphatic heterocycles. The summed E-state index contributed by atoms with van der Waals surface area (Å²) in [7, 11) is 0. The maximum Gasteiger partial charge on any atom is 0.131 e. The van der Waals surface area contributed by atoms with Crippen LogP contribution in [0.15, 0.2) is 67.0 Å². The van der Waals surface area contributed by atoms with Crippen LogP contribution < -0.4 is 5.73 Å². The Balaban J connectivity index is 1.91. The van der Waals surface area contributed by atoms with Crippen molar-refractivity contribution in [3.05, 3.63) is 78.4 Å². The van der Waals surface area contributed by atoms with E-state index in [1.807, 2.05) is 30.3 Å². The van der Waals surface area contributed by atoms with E-state index in [1.165, 1.54) is 12.1 Å². The van der Waals surface area contributed by atoms with Gasteiger partial charge in [-0.1, -0.05) is 24.3 Å². The molecule has 2 aromatic heterocycles. The number of pyridine rings is 2. The number of benzene rings is 2. The second-order valence-corrected chi connectivity index (χ2v) is 6.04. The van der Waals surface area contributed by atoms with Crippen molar-refractivity contribution in [1.29, 1.82) is 0 Å². The number of aromatic nitrogens is 2.